The SMILES string of the molecule is CNc1ncnc(Nc2ccc(F)cc2I)c1Br. The summed E-state index contributed by atoms with van der Waals surface area (Å²) in [5, 5.41) is 6.08. The summed E-state index contributed by atoms with van der Waals surface area (Å²) in [5.41, 5.74) is 0.790. The quantitative estimate of drug-likeness (QED) is 0.739. The van der Waals surface area contributed by atoms with Gasteiger partial charge in [-0.1, -0.05) is 0 Å². The van der Waals surface area contributed by atoms with Crippen molar-refractivity contribution in [3.8, 4) is 0 Å². The first-order valence-electron chi connectivity index (χ1n) is 5.02. The van der Waals surface area contributed by atoms with Gasteiger partial charge < -0.3 is 10.6 Å². The molecule has 18 heavy (non-hydrogen) atoms. The average Bonchev–Trinajstić information content (AvgIpc) is 2.35. The van der Waals surface area contributed by atoms with Gasteiger partial charge in [0.15, 0.2) is 0 Å². The molecule has 1 aromatic heterocycles. The monoisotopic (exact) mass is 422 g/mol. The number of halogens is 3. The second kappa shape index (κ2) is 5.79. The Kier molecular flexibility index (Phi) is 4.33. The molecule has 1 heterocycles. The fourth-order valence-electron chi connectivity index (χ4n) is 1.35. The third-order valence-electron chi connectivity index (χ3n) is 2.21. The lowest BCUT2D eigenvalue weighted by molar-refractivity contribution is 0.627. The first kappa shape index (κ1) is 13.5. The van der Waals surface area contributed by atoms with Gasteiger partial charge in [-0.15, -0.1) is 0 Å². The second-order valence-corrected chi connectivity index (χ2v) is 5.34. The summed E-state index contributed by atoms with van der Waals surface area (Å²) < 4.78 is 14.5. The zero-order chi connectivity index (χ0) is 13.1. The van der Waals surface area contributed by atoms with Crippen LogP contribution in [0, 0.1) is 9.39 Å². The standard InChI is InChI=1S/C11H9BrFIN4/c1-15-10-9(12)11(17-5-16-10)18-8-3-2-6(13)4-7(8)14/h2-5H,1H3,(H2,15,16,17,18). The van der Waals surface area contributed by atoms with Crippen LogP contribution in [-0.2, 0) is 0 Å². The van der Waals surface area contributed by atoms with E-state index in [9.17, 15) is 4.39 Å². The van der Waals surface area contributed by atoms with Crippen molar-refractivity contribution in [1.82, 2.24) is 9.97 Å². The minimum atomic E-state index is -0.261. The fourth-order valence-corrected chi connectivity index (χ4v) is 2.46. The normalized spacial score (nSPS) is 10.2. The van der Waals surface area contributed by atoms with E-state index in [4.69, 9.17) is 0 Å². The predicted octanol–water partition coefficient (Wildman–Crippen LogP) is 3.77. The average molecular weight is 423 g/mol. The lowest BCUT2D eigenvalue weighted by atomic mass is 10.3. The highest BCUT2D eigenvalue weighted by molar-refractivity contribution is 14.1. The zero-order valence-corrected chi connectivity index (χ0v) is 13.1. The van der Waals surface area contributed by atoms with E-state index >= 15 is 0 Å². The van der Waals surface area contributed by atoms with Crippen LogP contribution in [0.25, 0.3) is 0 Å². The molecule has 0 saturated carbocycles. The summed E-state index contributed by atoms with van der Waals surface area (Å²) in [6.45, 7) is 0. The predicted molar refractivity (Wildman–Crippen MR) is 81.7 cm³/mol. The van der Waals surface area contributed by atoms with Crippen molar-refractivity contribution in [1.29, 1.82) is 0 Å². The molecule has 2 aromatic rings. The maximum Gasteiger partial charge on any atom is 0.150 e. The van der Waals surface area contributed by atoms with Gasteiger partial charge in [-0.2, -0.15) is 0 Å². The van der Waals surface area contributed by atoms with Crippen LogP contribution in [0.15, 0.2) is 29.0 Å². The van der Waals surface area contributed by atoms with Crippen LogP contribution in [0.4, 0.5) is 21.7 Å². The van der Waals surface area contributed by atoms with Gasteiger partial charge >= 0.3 is 0 Å². The summed E-state index contributed by atoms with van der Waals surface area (Å²) in [6.07, 6.45) is 1.45. The second-order valence-electron chi connectivity index (χ2n) is 3.38. The minimum Gasteiger partial charge on any atom is -0.372 e. The molecule has 0 aliphatic heterocycles. The third-order valence-corrected chi connectivity index (χ3v) is 3.85. The van der Waals surface area contributed by atoms with Gasteiger partial charge in [0, 0.05) is 10.6 Å². The molecule has 0 bridgehead atoms. The summed E-state index contributed by atoms with van der Waals surface area (Å²) >= 11 is 5.48. The van der Waals surface area contributed by atoms with Crippen molar-refractivity contribution in [3.05, 3.63) is 38.4 Å². The lowest BCUT2D eigenvalue weighted by Crippen LogP contribution is -2.01. The summed E-state index contributed by atoms with van der Waals surface area (Å²) in [6, 6.07) is 4.53. The largest absolute Gasteiger partial charge is 0.372 e. The van der Waals surface area contributed by atoms with Gasteiger partial charge in [0.25, 0.3) is 0 Å². The van der Waals surface area contributed by atoms with Crippen molar-refractivity contribution in [2.24, 2.45) is 0 Å². The molecule has 1 aromatic carbocycles. The molecule has 0 aliphatic carbocycles. The van der Waals surface area contributed by atoms with Gasteiger partial charge in [0.1, 0.15) is 28.3 Å². The molecule has 0 spiro atoms. The van der Waals surface area contributed by atoms with E-state index in [0.717, 1.165) is 13.7 Å². The molecule has 2 rings (SSSR count). The first-order valence-corrected chi connectivity index (χ1v) is 6.89. The number of hydrogen-bond acceptors (Lipinski definition) is 4. The fraction of sp³-hybridized carbons (Fsp3) is 0.0909. The van der Waals surface area contributed by atoms with Gasteiger partial charge in [0.2, 0.25) is 0 Å². The molecule has 0 radical (unpaired) electrons. The van der Waals surface area contributed by atoms with E-state index < -0.39 is 0 Å². The molecule has 4 nitrogen and oxygen atoms in total. The Morgan fingerprint density at radius 1 is 1.28 bits per heavy atom. The Labute approximate surface area is 126 Å². The number of nitrogens with one attached hydrogen (secondary N) is 2. The molecular weight excluding hydrogens is 414 g/mol. The highest BCUT2D eigenvalue weighted by Gasteiger charge is 2.09. The van der Waals surface area contributed by atoms with Crippen LogP contribution in [0.5, 0.6) is 0 Å². The van der Waals surface area contributed by atoms with Gasteiger partial charge in [0.05, 0.1) is 5.69 Å². The number of hydrogen-bond donors (Lipinski definition) is 2. The van der Waals surface area contributed by atoms with Crippen LogP contribution in [0.3, 0.4) is 0 Å². The molecule has 7 heteroatoms. The lowest BCUT2D eigenvalue weighted by Gasteiger charge is -2.11. The van der Waals surface area contributed by atoms with Crippen molar-refractivity contribution in [3.63, 3.8) is 0 Å². The van der Waals surface area contributed by atoms with Crippen LogP contribution < -0.4 is 10.6 Å². The van der Waals surface area contributed by atoms with Crippen molar-refractivity contribution >= 4 is 55.8 Å². The molecule has 0 aliphatic rings. The Hall–Kier alpha value is -0.960. The van der Waals surface area contributed by atoms with Crippen LogP contribution in [0.2, 0.25) is 0 Å². The van der Waals surface area contributed by atoms with Crippen LogP contribution >= 0.6 is 38.5 Å². The Morgan fingerprint density at radius 3 is 2.67 bits per heavy atom. The number of nitrogens with zero attached hydrogens (tertiary/aromatic N) is 2. The maximum absolute atomic E-state index is 13.0. The van der Waals surface area contributed by atoms with E-state index in [-0.39, 0.29) is 5.82 Å². The highest BCUT2D eigenvalue weighted by Crippen LogP contribution is 2.30. The zero-order valence-electron chi connectivity index (χ0n) is 9.34. The first-order chi connectivity index (χ1) is 8.61. The molecule has 0 unspecified atom stereocenters. The number of anilines is 3. The number of aromatic nitrogens is 2. The maximum atomic E-state index is 13.0. The molecule has 0 fully saturated rings. The van der Waals surface area contributed by atoms with Crippen molar-refractivity contribution < 1.29 is 4.39 Å². The highest BCUT2D eigenvalue weighted by atomic mass is 127. The minimum absolute atomic E-state index is 0.261. The van der Waals surface area contributed by atoms with E-state index in [1.165, 1.54) is 18.5 Å². The Balaban J connectivity index is 2.34. The van der Waals surface area contributed by atoms with E-state index in [2.05, 4.69) is 59.1 Å². The third kappa shape index (κ3) is 2.89. The van der Waals surface area contributed by atoms with Gasteiger partial charge in [-0.3, -0.25) is 0 Å². The van der Waals surface area contributed by atoms with Crippen LogP contribution in [0.1, 0.15) is 0 Å². The molecule has 0 atom stereocenters. The number of rotatable bonds is 3. The van der Waals surface area contributed by atoms with E-state index in [1.54, 1.807) is 13.1 Å². The Bertz CT molecular complexity index is 579. The molecule has 0 saturated heterocycles. The van der Waals surface area contributed by atoms with E-state index in [0.29, 0.717) is 11.6 Å². The summed E-state index contributed by atoms with van der Waals surface area (Å²) in [7, 11) is 1.78. The Morgan fingerprint density at radius 2 is 2.00 bits per heavy atom. The summed E-state index contributed by atoms with van der Waals surface area (Å²) in [4.78, 5) is 8.20. The van der Waals surface area contributed by atoms with Crippen molar-refractivity contribution in [2.45, 2.75) is 0 Å². The summed E-state index contributed by atoms with van der Waals surface area (Å²) in [5.74, 6) is 1.05. The van der Waals surface area contributed by atoms with Gasteiger partial charge in [-0.25, -0.2) is 14.4 Å². The topological polar surface area (TPSA) is 49.8 Å². The smallest absolute Gasteiger partial charge is 0.150 e. The van der Waals surface area contributed by atoms with Gasteiger partial charge in [-0.05, 0) is 56.7 Å². The van der Waals surface area contributed by atoms with E-state index in [1.807, 2.05) is 0 Å². The van der Waals surface area contributed by atoms with Crippen molar-refractivity contribution in [2.75, 3.05) is 17.7 Å². The molecule has 2 N–H and O–H groups in total. The molecular formula is C11H9BrFIN4. The number of benzene rings is 1. The van der Waals surface area contributed by atoms with Crippen LogP contribution in [-0.4, -0.2) is 17.0 Å². The molecule has 0 amide bonds. The molecule has 94 valence electrons.